The van der Waals surface area contributed by atoms with E-state index in [9.17, 15) is 14.9 Å². The van der Waals surface area contributed by atoms with E-state index in [-0.39, 0.29) is 11.6 Å². The van der Waals surface area contributed by atoms with Gasteiger partial charge in [-0.25, -0.2) is 9.78 Å². The number of pyridine rings is 1. The van der Waals surface area contributed by atoms with Gasteiger partial charge in [0.1, 0.15) is 11.8 Å². The molecule has 27 heavy (non-hydrogen) atoms. The topological polar surface area (TPSA) is 118 Å². The summed E-state index contributed by atoms with van der Waals surface area (Å²) in [4.78, 5) is 25.4. The van der Waals surface area contributed by atoms with Crippen LogP contribution < -0.4 is 10.5 Å². The zero-order valence-corrected chi connectivity index (χ0v) is 14.6. The molecule has 1 fully saturated rings. The minimum absolute atomic E-state index is 0.161. The summed E-state index contributed by atoms with van der Waals surface area (Å²) < 4.78 is 10.4. The average Bonchev–Trinajstić information content (AvgIpc) is 2.63. The van der Waals surface area contributed by atoms with Gasteiger partial charge in [-0.1, -0.05) is 24.0 Å². The van der Waals surface area contributed by atoms with E-state index in [1.54, 1.807) is 12.1 Å². The van der Waals surface area contributed by atoms with E-state index < -0.39 is 16.6 Å². The Morgan fingerprint density at radius 2 is 2.00 bits per heavy atom. The molecule has 0 saturated heterocycles. The predicted molar refractivity (Wildman–Crippen MR) is 96.1 cm³/mol. The lowest BCUT2D eigenvalue weighted by molar-refractivity contribution is -0.385. The highest BCUT2D eigenvalue weighted by atomic mass is 16.6. The summed E-state index contributed by atoms with van der Waals surface area (Å²) >= 11 is 0. The molecule has 0 atom stereocenters. The zero-order valence-electron chi connectivity index (χ0n) is 14.6. The SMILES string of the molecule is COc1ncc([N+](=O)[O-])cc1C#Cc1ccc(C2(OC(N)=O)CCC2)cc1. The van der Waals surface area contributed by atoms with Gasteiger partial charge < -0.3 is 15.2 Å². The molecule has 1 heterocycles. The van der Waals surface area contributed by atoms with Crippen molar-refractivity contribution in [1.82, 2.24) is 4.98 Å². The number of hydrogen-bond acceptors (Lipinski definition) is 6. The van der Waals surface area contributed by atoms with Crippen LogP contribution in [0.3, 0.4) is 0 Å². The van der Waals surface area contributed by atoms with Crippen molar-refractivity contribution in [3.63, 3.8) is 0 Å². The van der Waals surface area contributed by atoms with Crippen LogP contribution in [0.5, 0.6) is 5.88 Å². The zero-order chi connectivity index (χ0) is 19.4. The monoisotopic (exact) mass is 367 g/mol. The largest absolute Gasteiger partial charge is 0.480 e. The van der Waals surface area contributed by atoms with Crippen LogP contribution in [0, 0.1) is 22.0 Å². The molecule has 1 amide bonds. The molecular weight excluding hydrogens is 350 g/mol. The lowest BCUT2D eigenvalue weighted by atomic mass is 9.74. The Labute approximate surface area is 155 Å². The van der Waals surface area contributed by atoms with Crippen LogP contribution in [0.2, 0.25) is 0 Å². The maximum absolute atomic E-state index is 11.2. The molecule has 8 nitrogen and oxygen atoms in total. The van der Waals surface area contributed by atoms with Gasteiger partial charge in [-0.2, -0.15) is 0 Å². The van der Waals surface area contributed by atoms with Crippen molar-refractivity contribution in [3.8, 4) is 17.7 Å². The maximum Gasteiger partial charge on any atom is 0.405 e. The number of primary amides is 1. The fourth-order valence-electron chi connectivity index (χ4n) is 2.93. The minimum atomic E-state index is -0.788. The van der Waals surface area contributed by atoms with E-state index in [0.717, 1.165) is 31.0 Å². The number of nitrogens with zero attached hydrogens (tertiary/aromatic N) is 2. The fraction of sp³-hybridized carbons (Fsp3) is 0.263. The quantitative estimate of drug-likeness (QED) is 0.504. The first kappa shape index (κ1) is 18.2. The van der Waals surface area contributed by atoms with Crippen LogP contribution in [-0.2, 0) is 10.3 Å². The van der Waals surface area contributed by atoms with E-state index in [2.05, 4.69) is 16.8 Å². The molecule has 1 aromatic carbocycles. The molecule has 0 unspecified atom stereocenters. The number of carbonyl (C=O) groups excluding carboxylic acids is 1. The van der Waals surface area contributed by atoms with Crippen LogP contribution in [0.25, 0.3) is 0 Å². The van der Waals surface area contributed by atoms with Crippen molar-refractivity contribution in [2.24, 2.45) is 5.73 Å². The molecule has 0 spiro atoms. The third-order valence-corrected chi connectivity index (χ3v) is 4.45. The van der Waals surface area contributed by atoms with E-state index in [1.165, 1.54) is 13.2 Å². The molecule has 1 aromatic heterocycles. The first-order valence-corrected chi connectivity index (χ1v) is 8.23. The smallest absolute Gasteiger partial charge is 0.405 e. The van der Waals surface area contributed by atoms with Crippen LogP contribution in [0.4, 0.5) is 10.5 Å². The molecule has 2 N–H and O–H groups in total. The first-order chi connectivity index (χ1) is 12.9. The third kappa shape index (κ3) is 3.82. The second kappa shape index (κ2) is 7.33. The summed E-state index contributed by atoms with van der Waals surface area (Å²) in [5.74, 6) is 5.99. The average molecular weight is 367 g/mol. The molecular formula is C19H17N3O5. The van der Waals surface area contributed by atoms with E-state index >= 15 is 0 Å². The first-order valence-electron chi connectivity index (χ1n) is 8.23. The molecule has 0 bridgehead atoms. The van der Waals surface area contributed by atoms with Gasteiger partial charge in [-0.05, 0) is 37.0 Å². The Morgan fingerprint density at radius 3 is 2.52 bits per heavy atom. The lowest BCUT2D eigenvalue weighted by Crippen LogP contribution is -2.40. The van der Waals surface area contributed by atoms with Gasteiger partial charge in [-0.3, -0.25) is 10.1 Å². The molecule has 3 rings (SSSR count). The number of nitrogens with two attached hydrogens (primary N) is 1. The summed E-state index contributed by atoms with van der Waals surface area (Å²) in [6, 6.07) is 8.59. The second-order valence-corrected chi connectivity index (χ2v) is 6.10. The van der Waals surface area contributed by atoms with Gasteiger partial charge >= 0.3 is 6.09 Å². The number of benzene rings is 1. The lowest BCUT2D eigenvalue weighted by Gasteiger charge is -2.40. The van der Waals surface area contributed by atoms with Gasteiger partial charge in [0.05, 0.1) is 17.6 Å². The number of hydrogen-bond donors (Lipinski definition) is 1. The summed E-state index contributed by atoms with van der Waals surface area (Å²) in [7, 11) is 1.42. The number of nitro groups is 1. The fourth-order valence-corrected chi connectivity index (χ4v) is 2.93. The molecule has 8 heteroatoms. The van der Waals surface area contributed by atoms with Crippen molar-refractivity contribution in [2.75, 3.05) is 7.11 Å². The molecule has 138 valence electrons. The van der Waals surface area contributed by atoms with E-state index in [4.69, 9.17) is 15.2 Å². The van der Waals surface area contributed by atoms with Crippen molar-refractivity contribution in [2.45, 2.75) is 24.9 Å². The third-order valence-electron chi connectivity index (χ3n) is 4.45. The van der Waals surface area contributed by atoms with Gasteiger partial charge in [0.2, 0.25) is 5.88 Å². The number of carbonyl (C=O) groups is 1. The summed E-state index contributed by atoms with van der Waals surface area (Å²) in [5.41, 5.74) is 6.26. The minimum Gasteiger partial charge on any atom is -0.480 e. The Kier molecular flexibility index (Phi) is 4.94. The van der Waals surface area contributed by atoms with Crippen molar-refractivity contribution >= 4 is 11.8 Å². The van der Waals surface area contributed by atoms with Crippen LogP contribution in [0.15, 0.2) is 36.5 Å². The van der Waals surface area contributed by atoms with Gasteiger partial charge in [0.25, 0.3) is 5.69 Å². The number of ether oxygens (including phenoxy) is 2. The number of aromatic nitrogens is 1. The molecule has 1 aliphatic carbocycles. The van der Waals surface area contributed by atoms with Crippen LogP contribution in [-0.4, -0.2) is 23.1 Å². The number of methoxy groups -OCH3 is 1. The predicted octanol–water partition coefficient (Wildman–Crippen LogP) is 2.87. The summed E-state index contributed by atoms with van der Waals surface area (Å²) in [6.45, 7) is 0. The maximum atomic E-state index is 11.2. The summed E-state index contributed by atoms with van der Waals surface area (Å²) in [5, 5.41) is 10.9. The van der Waals surface area contributed by atoms with Crippen LogP contribution >= 0.6 is 0 Å². The Morgan fingerprint density at radius 1 is 1.30 bits per heavy atom. The van der Waals surface area contributed by atoms with Crippen molar-refractivity contribution < 1.29 is 19.2 Å². The van der Waals surface area contributed by atoms with Gasteiger partial charge in [0.15, 0.2) is 0 Å². The highest BCUT2D eigenvalue weighted by molar-refractivity contribution is 5.65. The van der Waals surface area contributed by atoms with Crippen molar-refractivity contribution in [3.05, 3.63) is 63.3 Å². The molecule has 1 saturated carbocycles. The van der Waals surface area contributed by atoms with E-state index in [0.29, 0.717) is 11.1 Å². The standard InChI is InChI=1S/C19H17N3O5/c1-26-17-14(11-16(12-21-17)22(24)25)6-3-13-4-7-15(8-5-13)19(9-2-10-19)27-18(20)23/h4-5,7-8,11-12H,2,9-10H2,1H3,(H2,20,23). The molecule has 0 aliphatic heterocycles. The number of rotatable bonds is 4. The van der Waals surface area contributed by atoms with Crippen LogP contribution in [0.1, 0.15) is 36.0 Å². The Bertz CT molecular complexity index is 940. The van der Waals surface area contributed by atoms with Gasteiger partial charge in [-0.15, -0.1) is 0 Å². The Balaban J connectivity index is 1.85. The molecule has 0 radical (unpaired) electrons. The number of amides is 1. The molecule has 2 aromatic rings. The van der Waals surface area contributed by atoms with E-state index in [1.807, 2.05) is 12.1 Å². The van der Waals surface area contributed by atoms with Crippen molar-refractivity contribution in [1.29, 1.82) is 0 Å². The molecule has 1 aliphatic rings. The second-order valence-electron chi connectivity index (χ2n) is 6.10. The normalized spacial score (nSPS) is 14.3. The summed E-state index contributed by atoms with van der Waals surface area (Å²) in [6.07, 6.45) is 2.77. The highest BCUT2D eigenvalue weighted by Gasteiger charge is 2.42. The highest BCUT2D eigenvalue weighted by Crippen LogP contribution is 2.44. The Hall–Kier alpha value is -3.60. The van der Waals surface area contributed by atoms with Gasteiger partial charge in [0, 0.05) is 11.6 Å².